The van der Waals surface area contributed by atoms with Crippen molar-refractivity contribution in [1.82, 2.24) is 4.90 Å². The van der Waals surface area contributed by atoms with Gasteiger partial charge in [0.15, 0.2) is 11.5 Å². The van der Waals surface area contributed by atoms with Gasteiger partial charge in [-0.2, -0.15) is 0 Å². The number of ether oxygens (including phenoxy) is 3. The molecule has 4 nitrogen and oxygen atoms in total. The lowest BCUT2D eigenvalue weighted by Crippen LogP contribution is -2.33. The number of nitrogens with zero attached hydrogens (tertiary/aromatic N) is 1. The third-order valence-electron chi connectivity index (χ3n) is 6.10. The maximum atomic E-state index is 5.87. The van der Waals surface area contributed by atoms with Crippen molar-refractivity contribution in [1.29, 1.82) is 0 Å². The first kappa shape index (κ1) is 16.5. The van der Waals surface area contributed by atoms with Gasteiger partial charge in [-0.15, -0.1) is 0 Å². The van der Waals surface area contributed by atoms with Gasteiger partial charge in [-0.05, 0) is 47.2 Å². The van der Waals surface area contributed by atoms with Crippen molar-refractivity contribution in [3.63, 3.8) is 0 Å². The van der Waals surface area contributed by atoms with Gasteiger partial charge in [-0.25, -0.2) is 0 Å². The number of hydrogen-bond donors (Lipinski definition) is 0. The number of benzene rings is 2. The highest BCUT2D eigenvalue weighted by Gasteiger charge is 2.33. The van der Waals surface area contributed by atoms with Gasteiger partial charge in [0.05, 0.1) is 20.8 Å². The zero-order valence-electron chi connectivity index (χ0n) is 16.2. The Labute approximate surface area is 160 Å². The van der Waals surface area contributed by atoms with Crippen LogP contribution in [-0.2, 0) is 19.4 Å². The molecule has 2 aromatic carbocycles. The predicted molar refractivity (Wildman–Crippen MR) is 106 cm³/mol. The van der Waals surface area contributed by atoms with E-state index in [1.54, 1.807) is 14.2 Å². The maximum Gasteiger partial charge on any atom is 0.166 e. The molecule has 3 heterocycles. The summed E-state index contributed by atoms with van der Waals surface area (Å²) in [5.41, 5.74) is 9.45. The van der Waals surface area contributed by atoms with Crippen LogP contribution in [0.5, 0.6) is 17.2 Å². The lowest BCUT2D eigenvalue weighted by Gasteiger charge is -2.40. The molecule has 3 aliphatic heterocycles. The summed E-state index contributed by atoms with van der Waals surface area (Å²) in [5, 5.41) is 0. The van der Waals surface area contributed by atoms with Crippen LogP contribution in [0.25, 0.3) is 11.3 Å². The van der Waals surface area contributed by atoms with E-state index in [-0.39, 0.29) is 0 Å². The van der Waals surface area contributed by atoms with E-state index in [2.05, 4.69) is 30.0 Å². The topological polar surface area (TPSA) is 30.9 Å². The van der Waals surface area contributed by atoms with Crippen molar-refractivity contribution in [3.05, 3.63) is 52.1 Å². The highest BCUT2D eigenvalue weighted by Crippen LogP contribution is 2.48. The SMILES string of the molecule is CCC1=C2c3cc4c(cc3CCN2Cc2c1ccc(OC)c2OC)CCO4. The predicted octanol–water partition coefficient (Wildman–Crippen LogP) is 4.29. The van der Waals surface area contributed by atoms with E-state index in [0.717, 1.165) is 56.2 Å². The van der Waals surface area contributed by atoms with Gasteiger partial charge >= 0.3 is 0 Å². The number of fused-ring (bicyclic) bond motifs is 5. The van der Waals surface area contributed by atoms with E-state index in [9.17, 15) is 0 Å². The first-order valence-corrected chi connectivity index (χ1v) is 9.76. The van der Waals surface area contributed by atoms with Crippen LogP contribution in [0.4, 0.5) is 0 Å². The Bertz CT molecular complexity index is 961. The third kappa shape index (κ3) is 2.35. The van der Waals surface area contributed by atoms with Crippen LogP contribution in [0.3, 0.4) is 0 Å². The van der Waals surface area contributed by atoms with Gasteiger partial charge < -0.3 is 19.1 Å². The molecular formula is C23H25NO3. The largest absolute Gasteiger partial charge is 0.493 e. The summed E-state index contributed by atoms with van der Waals surface area (Å²) in [4.78, 5) is 2.51. The first-order valence-electron chi connectivity index (χ1n) is 9.76. The van der Waals surface area contributed by atoms with Crippen molar-refractivity contribution in [2.24, 2.45) is 0 Å². The van der Waals surface area contributed by atoms with Gasteiger partial charge in [0, 0.05) is 36.3 Å². The maximum absolute atomic E-state index is 5.87. The second-order valence-electron chi connectivity index (χ2n) is 7.39. The molecule has 0 atom stereocenters. The van der Waals surface area contributed by atoms with Gasteiger partial charge in [0.2, 0.25) is 0 Å². The molecule has 0 amide bonds. The molecule has 140 valence electrons. The van der Waals surface area contributed by atoms with E-state index in [4.69, 9.17) is 14.2 Å². The van der Waals surface area contributed by atoms with Crippen molar-refractivity contribution < 1.29 is 14.2 Å². The standard InChI is InChI=1S/C23H25NO3/c1-4-16-17-5-6-20(25-2)23(26-3)19(17)13-24-9-7-14-11-15-8-10-27-21(15)12-18(14)22(16)24/h5-6,11-12H,4,7-10,13H2,1-3H3. The van der Waals surface area contributed by atoms with Crippen LogP contribution in [0.1, 0.15) is 41.2 Å². The fourth-order valence-electron chi connectivity index (χ4n) is 4.86. The molecule has 0 aromatic heterocycles. The molecule has 5 rings (SSSR count). The Hall–Kier alpha value is -2.62. The van der Waals surface area contributed by atoms with E-state index >= 15 is 0 Å². The summed E-state index contributed by atoms with van der Waals surface area (Å²) in [6.45, 7) is 4.93. The summed E-state index contributed by atoms with van der Waals surface area (Å²) in [6.07, 6.45) is 3.09. The fourth-order valence-corrected chi connectivity index (χ4v) is 4.86. The van der Waals surface area contributed by atoms with E-state index in [1.165, 1.54) is 39.1 Å². The Balaban J connectivity index is 1.75. The fraction of sp³-hybridized carbons (Fsp3) is 0.391. The summed E-state index contributed by atoms with van der Waals surface area (Å²) in [5.74, 6) is 2.73. The molecule has 0 saturated heterocycles. The molecule has 0 aliphatic carbocycles. The van der Waals surface area contributed by atoms with Crippen LogP contribution in [0, 0.1) is 0 Å². The number of allylic oxidation sites excluding steroid dienone is 1. The van der Waals surface area contributed by atoms with E-state index in [0.29, 0.717) is 0 Å². The Kier molecular flexibility index (Phi) is 3.81. The second-order valence-corrected chi connectivity index (χ2v) is 7.39. The minimum atomic E-state index is 0.804. The second kappa shape index (κ2) is 6.22. The molecule has 0 N–H and O–H groups in total. The van der Waals surface area contributed by atoms with Crippen molar-refractivity contribution >= 4 is 11.3 Å². The smallest absolute Gasteiger partial charge is 0.166 e. The zero-order valence-corrected chi connectivity index (χ0v) is 16.2. The monoisotopic (exact) mass is 363 g/mol. The molecule has 0 bridgehead atoms. The molecular weight excluding hydrogens is 338 g/mol. The number of methoxy groups -OCH3 is 2. The molecule has 2 aromatic rings. The van der Waals surface area contributed by atoms with E-state index in [1.807, 2.05) is 6.07 Å². The molecule has 0 unspecified atom stereocenters. The van der Waals surface area contributed by atoms with Gasteiger partial charge in [-0.3, -0.25) is 0 Å². The molecule has 0 spiro atoms. The van der Waals surface area contributed by atoms with Crippen molar-refractivity contribution in [2.75, 3.05) is 27.4 Å². The minimum absolute atomic E-state index is 0.804. The molecule has 0 radical (unpaired) electrons. The Morgan fingerprint density at radius 3 is 2.70 bits per heavy atom. The van der Waals surface area contributed by atoms with Gasteiger partial charge in [-0.1, -0.05) is 19.1 Å². The zero-order chi connectivity index (χ0) is 18.5. The van der Waals surface area contributed by atoms with Crippen molar-refractivity contribution in [3.8, 4) is 17.2 Å². The molecule has 3 aliphatic rings. The van der Waals surface area contributed by atoms with Crippen LogP contribution in [0.15, 0.2) is 24.3 Å². The van der Waals surface area contributed by atoms with Gasteiger partial charge in [0.25, 0.3) is 0 Å². The van der Waals surface area contributed by atoms with Gasteiger partial charge in [0.1, 0.15) is 5.75 Å². The Morgan fingerprint density at radius 1 is 1.04 bits per heavy atom. The lowest BCUT2D eigenvalue weighted by atomic mass is 9.83. The molecule has 27 heavy (non-hydrogen) atoms. The molecule has 0 saturated carbocycles. The van der Waals surface area contributed by atoms with Crippen LogP contribution >= 0.6 is 0 Å². The molecule has 4 heteroatoms. The minimum Gasteiger partial charge on any atom is -0.493 e. The average Bonchev–Trinajstić information content (AvgIpc) is 3.16. The van der Waals surface area contributed by atoms with Crippen LogP contribution in [0.2, 0.25) is 0 Å². The average molecular weight is 363 g/mol. The normalized spacial score (nSPS) is 16.9. The summed E-state index contributed by atoms with van der Waals surface area (Å²) in [7, 11) is 3.43. The Morgan fingerprint density at radius 2 is 1.93 bits per heavy atom. The van der Waals surface area contributed by atoms with Crippen LogP contribution < -0.4 is 14.2 Å². The lowest BCUT2D eigenvalue weighted by molar-refractivity contribution is 0.333. The summed E-state index contributed by atoms with van der Waals surface area (Å²) in [6, 6.07) is 8.87. The summed E-state index contributed by atoms with van der Waals surface area (Å²) < 4.78 is 17.2. The quantitative estimate of drug-likeness (QED) is 0.814. The van der Waals surface area contributed by atoms with Crippen LogP contribution in [-0.4, -0.2) is 32.3 Å². The number of rotatable bonds is 3. The first-order chi connectivity index (χ1) is 13.2. The summed E-state index contributed by atoms with van der Waals surface area (Å²) >= 11 is 0. The highest BCUT2D eigenvalue weighted by molar-refractivity contribution is 5.95. The van der Waals surface area contributed by atoms with Crippen molar-refractivity contribution in [2.45, 2.75) is 32.7 Å². The molecule has 0 fully saturated rings. The highest BCUT2D eigenvalue weighted by atomic mass is 16.5. The van der Waals surface area contributed by atoms with E-state index < -0.39 is 0 Å². The third-order valence-corrected chi connectivity index (χ3v) is 6.10. The number of hydrogen-bond acceptors (Lipinski definition) is 4.